The lowest BCUT2D eigenvalue weighted by atomic mass is 10.1. The molecule has 3 rings (SSSR count). The summed E-state index contributed by atoms with van der Waals surface area (Å²) < 4.78 is 21.4. The topological polar surface area (TPSA) is 43.5 Å². The normalized spacial score (nSPS) is 18.2. The maximum atomic E-state index is 5.67. The van der Waals surface area contributed by atoms with Crippen molar-refractivity contribution in [2.75, 3.05) is 33.0 Å². The van der Waals surface area contributed by atoms with Crippen molar-refractivity contribution in [3.8, 4) is 5.75 Å². The molecule has 2 fully saturated rings. The predicted octanol–water partition coefficient (Wildman–Crippen LogP) is 8.16. The van der Waals surface area contributed by atoms with Gasteiger partial charge in [-0.15, -0.1) is 0 Å². The molecule has 4 nitrogen and oxygen atoms in total. The standard InChI is InChI=1S/C18H36O2.C13H14O2/c1-2-3-4-5-6-7-8-9-10-12-15-19-16-13-11-14-18-17-20-18;1-2-3-4-11-5-7-12(8-6-11)14-9-13-10-15-13/h18H,2-17H2,1H3;2-8,13H,1,9-10H2. The summed E-state index contributed by atoms with van der Waals surface area (Å²) in [5.41, 5.74) is 1.14. The van der Waals surface area contributed by atoms with Crippen molar-refractivity contribution in [1.29, 1.82) is 0 Å². The molecule has 35 heavy (non-hydrogen) atoms. The van der Waals surface area contributed by atoms with E-state index in [0.29, 0.717) is 18.8 Å². The molecule has 0 saturated carbocycles. The Morgan fingerprint density at radius 1 is 0.800 bits per heavy atom. The van der Waals surface area contributed by atoms with Crippen molar-refractivity contribution in [3.63, 3.8) is 0 Å². The van der Waals surface area contributed by atoms with Gasteiger partial charge in [0.25, 0.3) is 0 Å². The van der Waals surface area contributed by atoms with E-state index in [9.17, 15) is 0 Å². The molecular formula is C31H50O4. The van der Waals surface area contributed by atoms with Gasteiger partial charge in [0.15, 0.2) is 0 Å². The lowest BCUT2D eigenvalue weighted by Gasteiger charge is -2.04. The number of ether oxygens (including phenoxy) is 4. The van der Waals surface area contributed by atoms with Crippen LogP contribution < -0.4 is 4.74 Å². The minimum absolute atomic E-state index is 0.310. The van der Waals surface area contributed by atoms with Crippen LogP contribution in [0.4, 0.5) is 0 Å². The predicted molar refractivity (Wildman–Crippen MR) is 147 cm³/mol. The van der Waals surface area contributed by atoms with E-state index in [4.69, 9.17) is 18.9 Å². The minimum Gasteiger partial charge on any atom is -0.491 e. The van der Waals surface area contributed by atoms with Gasteiger partial charge in [0, 0.05) is 13.2 Å². The number of hydrogen-bond donors (Lipinski definition) is 0. The molecule has 2 aliphatic rings. The summed E-state index contributed by atoms with van der Waals surface area (Å²) in [5, 5.41) is 0. The van der Waals surface area contributed by atoms with Gasteiger partial charge >= 0.3 is 0 Å². The maximum Gasteiger partial charge on any atom is 0.119 e. The third-order valence-corrected chi connectivity index (χ3v) is 6.25. The van der Waals surface area contributed by atoms with Crippen molar-refractivity contribution in [3.05, 3.63) is 48.6 Å². The fraction of sp³-hybridized carbons (Fsp3) is 0.677. The second kappa shape index (κ2) is 20.6. The van der Waals surface area contributed by atoms with E-state index in [1.807, 2.05) is 36.4 Å². The molecule has 0 aliphatic carbocycles. The summed E-state index contributed by atoms with van der Waals surface area (Å²) in [7, 11) is 0. The van der Waals surface area contributed by atoms with Crippen LogP contribution in [0, 0.1) is 0 Å². The van der Waals surface area contributed by atoms with Crippen molar-refractivity contribution in [1.82, 2.24) is 0 Å². The van der Waals surface area contributed by atoms with Gasteiger partial charge in [-0.25, -0.2) is 0 Å². The van der Waals surface area contributed by atoms with Crippen LogP contribution in [0.2, 0.25) is 0 Å². The summed E-state index contributed by atoms with van der Waals surface area (Å²) in [6.45, 7) is 10.3. The van der Waals surface area contributed by atoms with Crippen LogP contribution in [-0.4, -0.2) is 45.2 Å². The highest BCUT2D eigenvalue weighted by atomic mass is 16.6. The lowest BCUT2D eigenvalue weighted by molar-refractivity contribution is 0.125. The fourth-order valence-electron chi connectivity index (χ4n) is 3.81. The second-order valence-corrected chi connectivity index (χ2v) is 9.68. The molecule has 1 aromatic carbocycles. The summed E-state index contributed by atoms with van der Waals surface area (Å²) in [4.78, 5) is 0. The first-order chi connectivity index (χ1) is 17.3. The van der Waals surface area contributed by atoms with Crippen molar-refractivity contribution in [2.24, 2.45) is 0 Å². The first kappa shape index (κ1) is 29.6. The Labute approximate surface area is 215 Å². The highest BCUT2D eigenvalue weighted by molar-refractivity contribution is 5.52. The zero-order valence-corrected chi connectivity index (χ0v) is 22.3. The Balaban J connectivity index is 0.000000256. The van der Waals surface area contributed by atoms with Crippen LogP contribution in [0.1, 0.15) is 96.0 Å². The zero-order chi connectivity index (χ0) is 24.8. The number of hydrogen-bond acceptors (Lipinski definition) is 4. The third-order valence-electron chi connectivity index (χ3n) is 6.25. The van der Waals surface area contributed by atoms with Crippen LogP contribution in [0.25, 0.3) is 6.08 Å². The monoisotopic (exact) mass is 486 g/mol. The van der Waals surface area contributed by atoms with Gasteiger partial charge in [-0.05, 0) is 43.4 Å². The fourth-order valence-corrected chi connectivity index (χ4v) is 3.81. The Hall–Kier alpha value is -1.62. The number of benzene rings is 1. The van der Waals surface area contributed by atoms with Crippen molar-refractivity contribution < 1.29 is 18.9 Å². The highest BCUT2D eigenvalue weighted by Gasteiger charge is 2.23. The molecule has 0 aromatic heterocycles. The maximum absolute atomic E-state index is 5.67. The lowest BCUT2D eigenvalue weighted by Crippen LogP contribution is -2.03. The average Bonchev–Trinajstić information content (AvgIpc) is 3.81. The van der Waals surface area contributed by atoms with Gasteiger partial charge in [-0.3, -0.25) is 0 Å². The van der Waals surface area contributed by atoms with E-state index in [1.165, 1.54) is 83.5 Å². The van der Waals surface area contributed by atoms with E-state index in [-0.39, 0.29) is 0 Å². The number of allylic oxidation sites excluding steroid dienone is 2. The molecule has 1 aromatic rings. The molecule has 0 N–H and O–H groups in total. The first-order valence-electron chi connectivity index (χ1n) is 14.1. The molecule has 4 heteroatoms. The molecule has 2 aliphatic heterocycles. The Morgan fingerprint density at radius 3 is 1.94 bits per heavy atom. The van der Waals surface area contributed by atoms with Crippen LogP contribution in [0.5, 0.6) is 5.75 Å². The summed E-state index contributed by atoms with van der Waals surface area (Å²) in [6.07, 6.45) is 24.3. The van der Waals surface area contributed by atoms with E-state index >= 15 is 0 Å². The summed E-state index contributed by atoms with van der Waals surface area (Å²) in [6, 6.07) is 7.96. The van der Waals surface area contributed by atoms with Gasteiger partial charge in [0.2, 0.25) is 0 Å². The zero-order valence-electron chi connectivity index (χ0n) is 22.3. The average molecular weight is 487 g/mol. The van der Waals surface area contributed by atoms with Gasteiger partial charge < -0.3 is 18.9 Å². The SMILES string of the molecule is C=CC=Cc1ccc(OCC2CO2)cc1.CCCCCCCCCCCCOCCCCC1CO1. The van der Waals surface area contributed by atoms with Crippen LogP contribution >= 0.6 is 0 Å². The number of epoxide rings is 2. The minimum atomic E-state index is 0.310. The quantitative estimate of drug-likeness (QED) is 0.0998. The molecule has 0 radical (unpaired) electrons. The van der Waals surface area contributed by atoms with E-state index in [2.05, 4.69) is 13.5 Å². The largest absolute Gasteiger partial charge is 0.491 e. The molecule has 198 valence electrons. The second-order valence-electron chi connectivity index (χ2n) is 9.68. The Kier molecular flexibility index (Phi) is 17.4. The van der Waals surface area contributed by atoms with Gasteiger partial charge in [-0.1, -0.05) is 102 Å². The molecule has 2 heterocycles. The van der Waals surface area contributed by atoms with Crippen molar-refractivity contribution >= 4 is 6.08 Å². The Morgan fingerprint density at radius 2 is 1.37 bits per heavy atom. The van der Waals surface area contributed by atoms with Gasteiger partial charge in [0.05, 0.1) is 19.3 Å². The molecule has 2 saturated heterocycles. The Bertz CT molecular complexity index is 646. The van der Waals surface area contributed by atoms with E-state index < -0.39 is 0 Å². The third kappa shape index (κ3) is 18.3. The molecule has 0 spiro atoms. The molecule has 0 bridgehead atoms. The molecule has 2 unspecified atom stereocenters. The van der Waals surface area contributed by atoms with Crippen molar-refractivity contribution in [2.45, 2.75) is 103 Å². The van der Waals surface area contributed by atoms with Crippen LogP contribution in [0.3, 0.4) is 0 Å². The number of rotatable bonds is 21. The van der Waals surface area contributed by atoms with Gasteiger partial charge in [-0.2, -0.15) is 0 Å². The molecule has 2 atom stereocenters. The van der Waals surface area contributed by atoms with E-state index in [1.54, 1.807) is 6.08 Å². The first-order valence-corrected chi connectivity index (χ1v) is 14.1. The summed E-state index contributed by atoms with van der Waals surface area (Å²) >= 11 is 0. The molecular weight excluding hydrogens is 436 g/mol. The number of unbranched alkanes of at least 4 members (excludes halogenated alkanes) is 10. The molecule has 0 amide bonds. The van der Waals surface area contributed by atoms with Crippen LogP contribution in [0.15, 0.2) is 43.0 Å². The highest BCUT2D eigenvalue weighted by Crippen LogP contribution is 2.17. The van der Waals surface area contributed by atoms with Crippen LogP contribution in [-0.2, 0) is 14.2 Å². The van der Waals surface area contributed by atoms with Gasteiger partial charge in [0.1, 0.15) is 18.5 Å². The summed E-state index contributed by atoms with van der Waals surface area (Å²) in [5.74, 6) is 0.890. The van der Waals surface area contributed by atoms with E-state index in [0.717, 1.165) is 37.7 Å². The smallest absolute Gasteiger partial charge is 0.119 e.